The molecule has 0 saturated heterocycles. The molecule has 34 heavy (non-hydrogen) atoms. The molecule has 176 valence electrons. The summed E-state index contributed by atoms with van der Waals surface area (Å²) in [5, 5.41) is 12.2. The highest BCUT2D eigenvalue weighted by Gasteiger charge is 2.22. The van der Waals surface area contributed by atoms with Crippen LogP contribution < -0.4 is 15.6 Å². The number of nitrogens with zero attached hydrogens (tertiary/aromatic N) is 1. The highest BCUT2D eigenvalue weighted by molar-refractivity contribution is 7.24. The normalized spacial score (nSPS) is 15.5. The molecule has 0 aliphatic heterocycles. The summed E-state index contributed by atoms with van der Waals surface area (Å²) in [6.07, 6.45) is 5.92. The lowest BCUT2D eigenvalue weighted by molar-refractivity contribution is 0.0924. The number of pyridine rings is 1. The molecule has 6 nitrogen and oxygen atoms in total. The van der Waals surface area contributed by atoms with Crippen LogP contribution in [0.15, 0.2) is 59.4 Å². The Morgan fingerprint density at radius 2 is 1.91 bits per heavy atom. The van der Waals surface area contributed by atoms with E-state index in [9.17, 15) is 14.7 Å². The van der Waals surface area contributed by atoms with E-state index in [0.717, 1.165) is 34.4 Å². The zero-order chi connectivity index (χ0) is 23.7. The van der Waals surface area contributed by atoms with Crippen LogP contribution in [0, 0.1) is 0 Å². The molecule has 1 aliphatic rings. The Morgan fingerprint density at radius 1 is 1.15 bits per heavy atom. The Kier molecular flexibility index (Phi) is 6.39. The van der Waals surface area contributed by atoms with Crippen LogP contribution in [-0.2, 0) is 0 Å². The molecule has 2 N–H and O–H groups in total. The standard InChI is InChI=1S/C27H28N2O4S/c1-17(16-30)28-25(31)22-15-21(18-8-4-2-5-9-18)26(32)29-23-14-20(12-13-24(23)34-27(22)29)33-19-10-6-3-7-11-19/h2,4-5,8-9,12-15,17,19,30H,3,6-7,10-11,16H2,1H3,(H,28,31)/t17-/m1/s1. The SMILES string of the molecule is C[C@H](CO)NC(=O)c1cc(-c2ccccc2)c(=O)n2c1sc1ccc(OC3CCCCC3)cc12. The fourth-order valence-electron chi connectivity index (χ4n) is 4.57. The molecule has 1 atom stereocenters. The van der Waals surface area contributed by atoms with E-state index in [1.165, 1.54) is 30.6 Å². The average molecular weight is 477 g/mol. The van der Waals surface area contributed by atoms with Crippen LogP contribution in [0.3, 0.4) is 0 Å². The molecule has 0 bridgehead atoms. The number of carbonyl (C=O) groups is 1. The van der Waals surface area contributed by atoms with Gasteiger partial charge in [0.1, 0.15) is 10.6 Å². The van der Waals surface area contributed by atoms with Crippen molar-refractivity contribution in [2.24, 2.45) is 0 Å². The number of nitrogens with one attached hydrogen (secondary N) is 1. The Balaban J connectivity index is 1.69. The molecule has 1 saturated carbocycles. The maximum atomic E-state index is 13.7. The Morgan fingerprint density at radius 3 is 2.65 bits per heavy atom. The summed E-state index contributed by atoms with van der Waals surface area (Å²) in [6, 6.07) is 16.5. The van der Waals surface area contributed by atoms with Gasteiger partial charge in [-0.1, -0.05) is 36.8 Å². The van der Waals surface area contributed by atoms with Crippen molar-refractivity contribution >= 4 is 32.3 Å². The van der Waals surface area contributed by atoms with Crippen molar-refractivity contribution in [3.05, 3.63) is 70.5 Å². The average Bonchev–Trinajstić information content (AvgIpc) is 3.24. The van der Waals surface area contributed by atoms with Crippen LogP contribution in [0.1, 0.15) is 49.4 Å². The lowest BCUT2D eigenvalue weighted by Gasteiger charge is -2.23. The summed E-state index contributed by atoms with van der Waals surface area (Å²) in [7, 11) is 0. The van der Waals surface area contributed by atoms with E-state index in [2.05, 4.69) is 5.32 Å². The van der Waals surface area contributed by atoms with Crippen molar-refractivity contribution in [1.29, 1.82) is 0 Å². The second-order valence-corrected chi connectivity index (χ2v) is 9.98. The van der Waals surface area contributed by atoms with Gasteiger partial charge in [0.25, 0.3) is 11.5 Å². The van der Waals surface area contributed by atoms with Gasteiger partial charge in [0.15, 0.2) is 0 Å². The second kappa shape index (κ2) is 9.60. The van der Waals surface area contributed by atoms with Gasteiger partial charge in [-0.2, -0.15) is 0 Å². The van der Waals surface area contributed by atoms with Gasteiger partial charge in [-0.05, 0) is 56.4 Å². The number of benzene rings is 2. The third-order valence-corrected chi connectivity index (χ3v) is 7.53. The van der Waals surface area contributed by atoms with Gasteiger partial charge in [-0.15, -0.1) is 11.3 Å². The van der Waals surface area contributed by atoms with E-state index in [1.807, 2.05) is 48.5 Å². The zero-order valence-electron chi connectivity index (χ0n) is 19.1. The number of thiazole rings is 1. The van der Waals surface area contributed by atoms with E-state index in [0.29, 0.717) is 16.0 Å². The summed E-state index contributed by atoms with van der Waals surface area (Å²) >= 11 is 1.41. The van der Waals surface area contributed by atoms with Crippen LogP contribution in [0.2, 0.25) is 0 Å². The predicted octanol–water partition coefficient (Wildman–Crippen LogP) is 5.00. The molecular formula is C27H28N2O4S. The number of carbonyl (C=O) groups excluding carboxylic acids is 1. The molecule has 1 amide bonds. The van der Waals surface area contributed by atoms with E-state index >= 15 is 0 Å². The number of aliphatic hydroxyl groups excluding tert-OH is 1. The molecule has 0 spiro atoms. The summed E-state index contributed by atoms with van der Waals surface area (Å²) in [5.41, 5.74) is 2.18. The first-order valence-electron chi connectivity index (χ1n) is 11.8. The molecule has 4 aromatic rings. The Hall–Kier alpha value is -3.16. The molecule has 1 fully saturated rings. The van der Waals surface area contributed by atoms with Crippen molar-refractivity contribution in [3.8, 4) is 16.9 Å². The number of aliphatic hydroxyl groups is 1. The van der Waals surface area contributed by atoms with Gasteiger partial charge in [0.05, 0.1) is 28.5 Å². The van der Waals surface area contributed by atoms with Crippen LogP contribution in [0.5, 0.6) is 5.75 Å². The third-order valence-electron chi connectivity index (χ3n) is 6.37. The molecule has 1 aliphatic carbocycles. The summed E-state index contributed by atoms with van der Waals surface area (Å²) in [5.74, 6) is 0.428. The number of hydrogen-bond acceptors (Lipinski definition) is 5. The van der Waals surface area contributed by atoms with Gasteiger partial charge in [0, 0.05) is 17.7 Å². The van der Waals surface area contributed by atoms with Gasteiger partial charge < -0.3 is 15.2 Å². The maximum absolute atomic E-state index is 13.7. The molecular weight excluding hydrogens is 448 g/mol. The van der Waals surface area contributed by atoms with E-state index in [1.54, 1.807) is 17.4 Å². The van der Waals surface area contributed by atoms with Crippen molar-refractivity contribution in [1.82, 2.24) is 9.72 Å². The minimum Gasteiger partial charge on any atom is -0.490 e. The maximum Gasteiger partial charge on any atom is 0.264 e. The van der Waals surface area contributed by atoms with Crippen LogP contribution in [0.25, 0.3) is 26.2 Å². The first kappa shape index (κ1) is 22.6. The number of rotatable bonds is 6. The molecule has 0 radical (unpaired) electrons. The molecule has 7 heteroatoms. The van der Waals surface area contributed by atoms with Crippen LogP contribution >= 0.6 is 11.3 Å². The minimum absolute atomic E-state index is 0.165. The number of ether oxygens (including phenoxy) is 1. The van der Waals surface area contributed by atoms with Crippen LogP contribution in [0.4, 0.5) is 0 Å². The van der Waals surface area contributed by atoms with Crippen LogP contribution in [-0.4, -0.2) is 34.2 Å². The lowest BCUT2D eigenvalue weighted by Crippen LogP contribution is -2.35. The van der Waals surface area contributed by atoms with Gasteiger partial charge in [0.2, 0.25) is 0 Å². The Bertz CT molecular complexity index is 1390. The quantitative estimate of drug-likeness (QED) is 0.410. The molecule has 2 heterocycles. The lowest BCUT2D eigenvalue weighted by atomic mass is 9.98. The van der Waals surface area contributed by atoms with Crippen molar-refractivity contribution in [2.45, 2.75) is 51.2 Å². The highest BCUT2D eigenvalue weighted by Crippen LogP contribution is 2.33. The monoisotopic (exact) mass is 476 g/mol. The van der Waals surface area contributed by atoms with Gasteiger partial charge in [-0.25, -0.2) is 0 Å². The fourth-order valence-corrected chi connectivity index (χ4v) is 5.70. The van der Waals surface area contributed by atoms with E-state index < -0.39 is 6.04 Å². The first-order chi connectivity index (χ1) is 16.5. The minimum atomic E-state index is -0.399. The summed E-state index contributed by atoms with van der Waals surface area (Å²) in [4.78, 5) is 27.5. The predicted molar refractivity (Wildman–Crippen MR) is 136 cm³/mol. The molecule has 2 aromatic carbocycles. The van der Waals surface area contributed by atoms with E-state index in [-0.39, 0.29) is 24.2 Å². The smallest absolute Gasteiger partial charge is 0.264 e. The number of aromatic nitrogens is 1. The molecule has 2 aromatic heterocycles. The summed E-state index contributed by atoms with van der Waals surface area (Å²) < 4.78 is 8.80. The zero-order valence-corrected chi connectivity index (χ0v) is 19.9. The molecule has 5 rings (SSSR count). The Labute approximate surface area is 201 Å². The number of hydrogen-bond donors (Lipinski definition) is 2. The van der Waals surface area contributed by atoms with Crippen molar-refractivity contribution < 1.29 is 14.6 Å². The first-order valence-corrected chi connectivity index (χ1v) is 12.6. The van der Waals surface area contributed by atoms with Crippen molar-refractivity contribution in [3.63, 3.8) is 0 Å². The largest absolute Gasteiger partial charge is 0.490 e. The van der Waals surface area contributed by atoms with Gasteiger partial charge in [-0.3, -0.25) is 14.0 Å². The highest BCUT2D eigenvalue weighted by atomic mass is 32.1. The fraction of sp³-hybridized carbons (Fsp3) is 0.333. The summed E-state index contributed by atoms with van der Waals surface area (Å²) in [6.45, 7) is 1.57. The van der Waals surface area contributed by atoms with E-state index in [4.69, 9.17) is 4.74 Å². The second-order valence-electron chi connectivity index (χ2n) is 8.95. The third kappa shape index (κ3) is 4.33. The van der Waals surface area contributed by atoms with Gasteiger partial charge >= 0.3 is 0 Å². The molecule has 0 unspecified atom stereocenters. The number of fused-ring (bicyclic) bond motifs is 3. The number of amides is 1. The topological polar surface area (TPSA) is 80.0 Å². The van der Waals surface area contributed by atoms with Crippen molar-refractivity contribution in [2.75, 3.05) is 6.61 Å².